The molecule has 2 atom stereocenters. The van der Waals surface area contributed by atoms with Gasteiger partial charge in [0.05, 0.1) is 0 Å². The van der Waals surface area contributed by atoms with E-state index < -0.39 is 0 Å². The molecule has 0 radical (unpaired) electrons. The summed E-state index contributed by atoms with van der Waals surface area (Å²) in [5.41, 5.74) is 0. The van der Waals surface area contributed by atoms with E-state index in [9.17, 15) is 9.59 Å². The molecule has 1 N–H and O–H groups in total. The van der Waals surface area contributed by atoms with Crippen molar-refractivity contribution in [2.45, 2.75) is 31.8 Å². The minimum absolute atomic E-state index is 0.00157. The molecular formula is C15H21N3O2S. The van der Waals surface area contributed by atoms with Crippen LogP contribution in [-0.2, 0) is 9.59 Å². The molecule has 0 aliphatic carbocycles. The van der Waals surface area contributed by atoms with Gasteiger partial charge in [0.1, 0.15) is 6.04 Å². The maximum absolute atomic E-state index is 12.3. The Kier molecular flexibility index (Phi) is 4.26. The maximum atomic E-state index is 12.3. The predicted octanol–water partition coefficient (Wildman–Crippen LogP) is 1.23. The van der Waals surface area contributed by atoms with Crippen molar-refractivity contribution in [3.05, 3.63) is 22.4 Å². The number of piperazine rings is 1. The molecule has 1 aromatic heterocycles. The third-order valence-electron chi connectivity index (χ3n) is 4.42. The van der Waals surface area contributed by atoms with Crippen LogP contribution in [0.25, 0.3) is 0 Å². The van der Waals surface area contributed by atoms with Crippen LogP contribution >= 0.6 is 11.3 Å². The molecule has 2 amide bonds. The van der Waals surface area contributed by atoms with Crippen LogP contribution in [-0.4, -0.2) is 53.8 Å². The molecule has 21 heavy (non-hydrogen) atoms. The second kappa shape index (κ2) is 6.15. The largest absolute Gasteiger partial charge is 0.344 e. The lowest BCUT2D eigenvalue weighted by Crippen LogP contribution is -2.53. The molecule has 0 bridgehead atoms. The van der Waals surface area contributed by atoms with Gasteiger partial charge in [0.15, 0.2) is 0 Å². The van der Waals surface area contributed by atoms with Gasteiger partial charge in [-0.3, -0.25) is 14.5 Å². The minimum atomic E-state index is -0.293. The van der Waals surface area contributed by atoms with Crippen LogP contribution in [0.2, 0.25) is 0 Å². The highest BCUT2D eigenvalue weighted by Crippen LogP contribution is 2.25. The quantitative estimate of drug-likeness (QED) is 0.914. The van der Waals surface area contributed by atoms with Crippen LogP contribution in [0.1, 0.15) is 30.7 Å². The van der Waals surface area contributed by atoms with E-state index in [2.05, 4.69) is 34.7 Å². The maximum Gasteiger partial charge on any atom is 0.245 e. The first kappa shape index (κ1) is 14.5. The van der Waals surface area contributed by atoms with Crippen LogP contribution < -0.4 is 5.32 Å². The van der Waals surface area contributed by atoms with Crippen molar-refractivity contribution in [2.24, 2.45) is 0 Å². The van der Waals surface area contributed by atoms with Gasteiger partial charge in [-0.15, -0.1) is 11.3 Å². The van der Waals surface area contributed by atoms with E-state index in [1.807, 2.05) is 4.90 Å². The first-order chi connectivity index (χ1) is 10.1. The summed E-state index contributed by atoms with van der Waals surface area (Å²) in [6, 6.07) is 4.37. The average molecular weight is 307 g/mol. The standard InChI is InChI=1S/C15H21N3O2S/c1-11(13-3-2-10-21-13)17-6-8-18(9-7-17)15(20)12-4-5-14(19)16-12/h2-3,10-12H,4-9H2,1H3,(H,16,19). The number of carbonyl (C=O) groups excluding carboxylic acids is 2. The molecule has 2 unspecified atom stereocenters. The zero-order valence-electron chi connectivity index (χ0n) is 12.2. The highest BCUT2D eigenvalue weighted by atomic mass is 32.1. The molecule has 0 spiro atoms. The molecule has 6 heteroatoms. The minimum Gasteiger partial charge on any atom is -0.344 e. The van der Waals surface area contributed by atoms with E-state index in [0.717, 1.165) is 26.2 Å². The molecule has 0 aromatic carbocycles. The smallest absolute Gasteiger partial charge is 0.245 e. The van der Waals surface area contributed by atoms with Gasteiger partial charge >= 0.3 is 0 Å². The van der Waals surface area contributed by atoms with E-state index in [1.165, 1.54) is 4.88 Å². The normalized spacial score (nSPS) is 24.9. The van der Waals surface area contributed by atoms with Crippen LogP contribution in [0, 0.1) is 0 Å². The van der Waals surface area contributed by atoms with Crippen LogP contribution in [0.3, 0.4) is 0 Å². The molecule has 2 fully saturated rings. The topological polar surface area (TPSA) is 52.7 Å². The Morgan fingerprint density at radius 1 is 1.38 bits per heavy atom. The van der Waals surface area contributed by atoms with Crippen molar-refractivity contribution in [1.82, 2.24) is 15.1 Å². The molecule has 2 aliphatic rings. The Morgan fingerprint density at radius 3 is 2.71 bits per heavy atom. The van der Waals surface area contributed by atoms with Crippen LogP contribution in [0.15, 0.2) is 17.5 Å². The third-order valence-corrected chi connectivity index (χ3v) is 5.46. The summed E-state index contributed by atoms with van der Waals surface area (Å²) in [6.07, 6.45) is 1.12. The van der Waals surface area contributed by atoms with Gasteiger partial charge in [-0.2, -0.15) is 0 Å². The number of hydrogen-bond acceptors (Lipinski definition) is 4. The average Bonchev–Trinajstić information content (AvgIpc) is 3.17. The SMILES string of the molecule is CC(c1cccs1)N1CCN(C(=O)C2CCC(=O)N2)CC1. The predicted molar refractivity (Wildman–Crippen MR) is 82.1 cm³/mol. The fourth-order valence-electron chi connectivity index (χ4n) is 3.06. The lowest BCUT2D eigenvalue weighted by molar-refractivity contribution is -0.136. The summed E-state index contributed by atoms with van der Waals surface area (Å²) in [5, 5.41) is 4.87. The molecule has 1 aromatic rings. The van der Waals surface area contributed by atoms with Gasteiger partial charge in [-0.1, -0.05) is 6.07 Å². The third kappa shape index (κ3) is 3.11. The second-order valence-corrected chi connectivity index (χ2v) is 6.69. The van der Waals surface area contributed by atoms with Gasteiger partial charge in [0.25, 0.3) is 0 Å². The molecule has 114 valence electrons. The van der Waals surface area contributed by atoms with Gasteiger partial charge in [0, 0.05) is 43.5 Å². The summed E-state index contributed by atoms with van der Waals surface area (Å²) >= 11 is 1.78. The molecule has 2 saturated heterocycles. The Hall–Kier alpha value is -1.40. The summed E-state index contributed by atoms with van der Waals surface area (Å²) < 4.78 is 0. The van der Waals surface area contributed by atoms with Crippen molar-refractivity contribution in [3.63, 3.8) is 0 Å². The number of nitrogens with one attached hydrogen (secondary N) is 1. The number of thiophene rings is 1. The van der Waals surface area contributed by atoms with Crippen LogP contribution in [0.5, 0.6) is 0 Å². The zero-order valence-corrected chi connectivity index (χ0v) is 13.1. The molecule has 5 nitrogen and oxygen atoms in total. The molecular weight excluding hydrogens is 286 g/mol. The summed E-state index contributed by atoms with van der Waals surface area (Å²) in [6.45, 7) is 5.51. The van der Waals surface area contributed by atoms with Gasteiger partial charge in [0.2, 0.25) is 11.8 Å². The lowest BCUT2D eigenvalue weighted by Gasteiger charge is -2.38. The van der Waals surface area contributed by atoms with E-state index in [-0.39, 0.29) is 17.9 Å². The Labute approximate surface area is 128 Å². The van der Waals surface area contributed by atoms with Crippen molar-refractivity contribution >= 4 is 23.2 Å². The second-order valence-electron chi connectivity index (χ2n) is 5.71. The number of amides is 2. The van der Waals surface area contributed by atoms with Gasteiger partial charge in [-0.25, -0.2) is 0 Å². The first-order valence-corrected chi connectivity index (χ1v) is 8.38. The van der Waals surface area contributed by atoms with Gasteiger partial charge in [-0.05, 0) is 24.8 Å². The fourth-order valence-corrected chi connectivity index (χ4v) is 3.88. The van der Waals surface area contributed by atoms with Crippen molar-refractivity contribution in [1.29, 1.82) is 0 Å². The summed E-state index contributed by atoms with van der Waals surface area (Å²) in [5.74, 6) is 0.0857. The number of rotatable bonds is 3. The van der Waals surface area contributed by atoms with E-state index >= 15 is 0 Å². The first-order valence-electron chi connectivity index (χ1n) is 7.51. The van der Waals surface area contributed by atoms with E-state index in [1.54, 1.807) is 11.3 Å². The summed E-state index contributed by atoms with van der Waals surface area (Å²) in [7, 11) is 0. The molecule has 2 aliphatic heterocycles. The Balaban J connectivity index is 1.53. The summed E-state index contributed by atoms with van der Waals surface area (Å²) in [4.78, 5) is 29.3. The van der Waals surface area contributed by atoms with E-state index in [0.29, 0.717) is 18.9 Å². The zero-order chi connectivity index (χ0) is 14.8. The number of nitrogens with zero attached hydrogens (tertiary/aromatic N) is 2. The molecule has 0 saturated carbocycles. The van der Waals surface area contributed by atoms with Crippen molar-refractivity contribution < 1.29 is 9.59 Å². The monoisotopic (exact) mass is 307 g/mol. The highest BCUT2D eigenvalue weighted by molar-refractivity contribution is 7.10. The number of carbonyl (C=O) groups is 2. The Morgan fingerprint density at radius 2 is 2.14 bits per heavy atom. The van der Waals surface area contributed by atoms with Crippen molar-refractivity contribution in [3.8, 4) is 0 Å². The van der Waals surface area contributed by atoms with Gasteiger partial charge < -0.3 is 10.2 Å². The fraction of sp³-hybridized carbons (Fsp3) is 0.600. The van der Waals surface area contributed by atoms with E-state index in [4.69, 9.17) is 0 Å². The lowest BCUT2D eigenvalue weighted by atomic mass is 10.1. The number of hydrogen-bond donors (Lipinski definition) is 1. The van der Waals surface area contributed by atoms with Crippen LogP contribution in [0.4, 0.5) is 0 Å². The molecule has 3 heterocycles. The van der Waals surface area contributed by atoms with Crippen molar-refractivity contribution in [2.75, 3.05) is 26.2 Å². The Bertz CT molecular complexity index is 509. The molecule has 3 rings (SSSR count). The highest BCUT2D eigenvalue weighted by Gasteiger charge is 2.33.